The zero-order chi connectivity index (χ0) is 24.8. The van der Waals surface area contributed by atoms with E-state index in [9.17, 15) is 0 Å². The van der Waals surface area contributed by atoms with E-state index in [-0.39, 0.29) is 6.10 Å². The molecule has 186 valence electrons. The van der Waals surface area contributed by atoms with Crippen molar-refractivity contribution in [1.82, 2.24) is 9.88 Å². The molecule has 0 atom stereocenters. The van der Waals surface area contributed by atoms with Crippen molar-refractivity contribution in [2.45, 2.75) is 98.4 Å². The molecule has 0 aliphatic heterocycles. The van der Waals surface area contributed by atoms with E-state index in [2.05, 4.69) is 94.1 Å². The minimum absolute atomic E-state index is 0.115. The Morgan fingerprint density at radius 3 is 2.17 bits per heavy atom. The van der Waals surface area contributed by atoms with Gasteiger partial charge in [-0.2, -0.15) is 0 Å². The first-order valence-corrected chi connectivity index (χ1v) is 13.6. The molecule has 0 radical (unpaired) electrons. The summed E-state index contributed by atoms with van der Waals surface area (Å²) in [4.78, 5) is 7.87. The third-order valence-corrected chi connectivity index (χ3v) is 7.34. The quantitative estimate of drug-likeness (QED) is 0.301. The second-order valence-electron chi connectivity index (χ2n) is 10.2. The highest BCUT2D eigenvalue weighted by Crippen LogP contribution is 2.35. The number of benzene rings is 2. The van der Waals surface area contributed by atoms with Gasteiger partial charge in [-0.1, -0.05) is 75.2 Å². The topological polar surface area (TPSA) is 25.4 Å². The zero-order valence-corrected chi connectivity index (χ0v) is 22.3. The zero-order valence-electron chi connectivity index (χ0n) is 22.3. The number of aromatic nitrogens is 1. The molecule has 3 aromatic rings. The van der Waals surface area contributed by atoms with Gasteiger partial charge in [0.25, 0.3) is 0 Å². The second kappa shape index (κ2) is 11.9. The molecule has 4 rings (SSSR count). The number of aryl methyl sites for hydroxylation is 3. The summed E-state index contributed by atoms with van der Waals surface area (Å²) in [5.41, 5.74) is 8.74. The SMILES string of the molecule is CCc1cccc(CC)c1-c1cc(OC(C)C)c(CN(Cc2ccccc2)C2CCCC2)c(C)n1. The first kappa shape index (κ1) is 25.4. The monoisotopic (exact) mass is 470 g/mol. The highest BCUT2D eigenvalue weighted by atomic mass is 16.5. The number of rotatable bonds is 10. The molecule has 1 fully saturated rings. The lowest BCUT2D eigenvalue weighted by Gasteiger charge is -2.30. The molecule has 1 heterocycles. The molecule has 1 aliphatic carbocycles. The van der Waals surface area contributed by atoms with Crippen LogP contribution in [0.25, 0.3) is 11.3 Å². The lowest BCUT2D eigenvalue weighted by molar-refractivity contribution is 0.173. The normalized spacial score (nSPS) is 14.3. The van der Waals surface area contributed by atoms with Crippen LogP contribution in [0.1, 0.15) is 81.3 Å². The molecule has 0 saturated heterocycles. The Morgan fingerprint density at radius 2 is 1.57 bits per heavy atom. The summed E-state index contributed by atoms with van der Waals surface area (Å²) in [6.07, 6.45) is 7.33. The smallest absolute Gasteiger partial charge is 0.128 e. The van der Waals surface area contributed by atoms with Gasteiger partial charge in [0.2, 0.25) is 0 Å². The van der Waals surface area contributed by atoms with E-state index in [0.29, 0.717) is 6.04 Å². The maximum Gasteiger partial charge on any atom is 0.128 e. The fraction of sp³-hybridized carbons (Fsp3) is 0.469. The van der Waals surface area contributed by atoms with Gasteiger partial charge in [-0.15, -0.1) is 0 Å². The minimum Gasteiger partial charge on any atom is -0.491 e. The largest absolute Gasteiger partial charge is 0.491 e. The van der Waals surface area contributed by atoms with Gasteiger partial charge in [0.15, 0.2) is 0 Å². The van der Waals surface area contributed by atoms with E-state index in [4.69, 9.17) is 9.72 Å². The lowest BCUT2D eigenvalue weighted by Crippen LogP contribution is -2.33. The minimum atomic E-state index is 0.115. The van der Waals surface area contributed by atoms with Crippen molar-refractivity contribution in [2.24, 2.45) is 0 Å². The van der Waals surface area contributed by atoms with Crippen molar-refractivity contribution in [3.63, 3.8) is 0 Å². The van der Waals surface area contributed by atoms with Gasteiger partial charge in [0, 0.05) is 42.0 Å². The van der Waals surface area contributed by atoms with Crippen molar-refractivity contribution in [3.8, 4) is 17.0 Å². The predicted molar refractivity (Wildman–Crippen MR) is 147 cm³/mol. The van der Waals surface area contributed by atoms with E-state index in [0.717, 1.165) is 43.1 Å². The third-order valence-electron chi connectivity index (χ3n) is 7.34. The Hall–Kier alpha value is -2.65. The summed E-state index contributed by atoms with van der Waals surface area (Å²) in [7, 11) is 0. The van der Waals surface area contributed by atoms with Crippen LogP contribution < -0.4 is 4.74 Å². The number of ether oxygens (including phenoxy) is 1. The van der Waals surface area contributed by atoms with Crippen molar-refractivity contribution in [3.05, 3.63) is 82.5 Å². The Balaban J connectivity index is 1.75. The highest BCUT2D eigenvalue weighted by Gasteiger charge is 2.26. The van der Waals surface area contributed by atoms with Crippen LogP contribution in [0.2, 0.25) is 0 Å². The molecule has 3 nitrogen and oxygen atoms in total. The van der Waals surface area contributed by atoms with Gasteiger partial charge >= 0.3 is 0 Å². The summed E-state index contributed by atoms with van der Waals surface area (Å²) >= 11 is 0. The van der Waals surface area contributed by atoms with Gasteiger partial charge in [0.1, 0.15) is 5.75 Å². The number of hydrogen-bond acceptors (Lipinski definition) is 3. The molecule has 1 saturated carbocycles. The van der Waals surface area contributed by atoms with E-state index in [1.807, 2.05) is 0 Å². The molecule has 0 unspecified atom stereocenters. The average Bonchev–Trinajstić information content (AvgIpc) is 3.40. The molecule has 35 heavy (non-hydrogen) atoms. The van der Waals surface area contributed by atoms with E-state index in [1.165, 1.54) is 53.5 Å². The number of nitrogens with zero attached hydrogens (tertiary/aromatic N) is 2. The van der Waals surface area contributed by atoms with Crippen LogP contribution in [-0.4, -0.2) is 22.0 Å². The number of pyridine rings is 1. The maximum absolute atomic E-state index is 6.48. The fourth-order valence-electron chi connectivity index (χ4n) is 5.53. The van der Waals surface area contributed by atoms with Crippen molar-refractivity contribution < 1.29 is 4.74 Å². The van der Waals surface area contributed by atoms with E-state index >= 15 is 0 Å². The average molecular weight is 471 g/mol. The van der Waals surface area contributed by atoms with Gasteiger partial charge in [-0.3, -0.25) is 9.88 Å². The molecule has 2 aromatic carbocycles. The molecule has 3 heteroatoms. The van der Waals surface area contributed by atoms with E-state index < -0.39 is 0 Å². The molecular weight excluding hydrogens is 428 g/mol. The first-order chi connectivity index (χ1) is 17.0. The third kappa shape index (κ3) is 6.13. The summed E-state index contributed by atoms with van der Waals surface area (Å²) in [5, 5.41) is 0. The van der Waals surface area contributed by atoms with Crippen LogP contribution in [0.5, 0.6) is 5.75 Å². The van der Waals surface area contributed by atoms with Crippen molar-refractivity contribution >= 4 is 0 Å². The van der Waals surface area contributed by atoms with Crippen LogP contribution >= 0.6 is 0 Å². The first-order valence-electron chi connectivity index (χ1n) is 13.6. The van der Waals surface area contributed by atoms with Crippen LogP contribution in [0.15, 0.2) is 54.6 Å². The Bertz CT molecular complexity index is 1080. The van der Waals surface area contributed by atoms with Crippen LogP contribution in [0, 0.1) is 6.92 Å². The number of hydrogen-bond donors (Lipinski definition) is 0. The summed E-state index contributed by atoms with van der Waals surface area (Å²) in [6, 6.07) is 20.4. The standard InChI is InChI=1S/C32H42N2O/c1-6-26-16-13-17-27(7-2)32(26)30-20-31(35-23(3)4)29(24(5)33-30)22-34(28-18-11-12-19-28)21-25-14-9-8-10-15-25/h8-10,13-17,20,23,28H,6-7,11-12,18-19,21-22H2,1-5H3. The summed E-state index contributed by atoms with van der Waals surface area (Å²) in [6.45, 7) is 12.7. The van der Waals surface area contributed by atoms with Crippen molar-refractivity contribution in [2.75, 3.05) is 0 Å². The Morgan fingerprint density at radius 1 is 0.914 bits per heavy atom. The molecule has 1 aliphatic rings. The van der Waals surface area contributed by atoms with Gasteiger partial charge < -0.3 is 4.74 Å². The fourth-order valence-corrected chi connectivity index (χ4v) is 5.53. The Kier molecular flexibility index (Phi) is 8.62. The predicted octanol–water partition coefficient (Wildman–Crippen LogP) is 7.91. The Labute approximate surface area is 212 Å². The molecule has 0 spiro atoms. The highest BCUT2D eigenvalue weighted by molar-refractivity contribution is 5.70. The molecule has 1 aromatic heterocycles. The summed E-state index contributed by atoms with van der Waals surface area (Å²) in [5.74, 6) is 0.992. The molecule has 0 N–H and O–H groups in total. The van der Waals surface area contributed by atoms with Gasteiger partial charge in [0.05, 0.1) is 11.8 Å². The summed E-state index contributed by atoms with van der Waals surface area (Å²) < 4.78 is 6.48. The molecule has 0 amide bonds. The van der Waals surface area contributed by atoms with Crippen LogP contribution in [-0.2, 0) is 25.9 Å². The van der Waals surface area contributed by atoms with Crippen molar-refractivity contribution in [1.29, 1.82) is 0 Å². The van der Waals surface area contributed by atoms with Crippen LogP contribution in [0.3, 0.4) is 0 Å². The molecular formula is C32H42N2O. The van der Waals surface area contributed by atoms with E-state index in [1.54, 1.807) is 0 Å². The van der Waals surface area contributed by atoms with Gasteiger partial charge in [-0.05, 0) is 63.1 Å². The van der Waals surface area contributed by atoms with Crippen LogP contribution in [0.4, 0.5) is 0 Å². The van der Waals surface area contributed by atoms with Gasteiger partial charge in [-0.25, -0.2) is 0 Å². The molecule has 0 bridgehead atoms. The second-order valence-corrected chi connectivity index (χ2v) is 10.2. The maximum atomic E-state index is 6.48. The lowest BCUT2D eigenvalue weighted by atomic mass is 9.94.